The van der Waals surface area contributed by atoms with Crippen molar-refractivity contribution in [3.63, 3.8) is 0 Å². The van der Waals surface area contributed by atoms with Gasteiger partial charge in [0.1, 0.15) is 11.4 Å². The van der Waals surface area contributed by atoms with Crippen molar-refractivity contribution >= 4 is 16.9 Å². The SMILES string of the molecule is COc1ccccc1-c1n[nH]c2ncc(-c3cccc(CC(=O)N4CCC(O)C4)c3)cc12. The number of amides is 1. The third-order valence-corrected chi connectivity index (χ3v) is 5.91. The average molecular weight is 428 g/mol. The van der Waals surface area contributed by atoms with Gasteiger partial charge in [0, 0.05) is 35.8 Å². The summed E-state index contributed by atoms with van der Waals surface area (Å²) in [6.07, 6.45) is 2.37. The van der Waals surface area contributed by atoms with E-state index in [9.17, 15) is 9.90 Å². The number of aromatic nitrogens is 3. The second-order valence-electron chi connectivity index (χ2n) is 8.05. The van der Waals surface area contributed by atoms with Crippen LogP contribution in [0.1, 0.15) is 12.0 Å². The van der Waals surface area contributed by atoms with E-state index in [0.717, 1.165) is 39.1 Å². The van der Waals surface area contributed by atoms with Crippen LogP contribution < -0.4 is 4.74 Å². The quantitative estimate of drug-likeness (QED) is 0.508. The number of methoxy groups -OCH3 is 1. The molecule has 7 heteroatoms. The summed E-state index contributed by atoms with van der Waals surface area (Å²) in [5.41, 5.74) is 5.25. The van der Waals surface area contributed by atoms with Gasteiger partial charge in [0.2, 0.25) is 5.91 Å². The first kappa shape index (κ1) is 20.2. The van der Waals surface area contributed by atoms with Crippen molar-refractivity contribution in [1.29, 1.82) is 0 Å². The minimum atomic E-state index is -0.407. The predicted molar refractivity (Wildman–Crippen MR) is 122 cm³/mol. The third kappa shape index (κ3) is 3.83. The predicted octanol–water partition coefficient (Wildman–Crippen LogP) is 3.44. The Labute approximate surface area is 185 Å². The Balaban J connectivity index is 1.46. The fourth-order valence-corrected chi connectivity index (χ4v) is 4.22. The topological polar surface area (TPSA) is 91.3 Å². The average Bonchev–Trinajstić information content (AvgIpc) is 3.45. The number of para-hydroxylation sites is 1. The molecular weight excluding hydrogens is 404 g/mol. The summed E-state index contributed by atoms with van der Waals surface area (Å²) in [6, 6.07) is 17.8. The van der Waals surface area contributed by atoms with Gasteiger partial charge in [-0.1, -0.05) is 36.4 Å². The van der Waals surface area contributed by atoms with Gasteiger partial charge in [-0.05, 0) is 35.7 Å². The van der Waals surface area contributed by atoms with Gasteiger partial charge in [-0.25, -0.2) is 4.98 Å². The molecule has 1 amide bonds. The fourth-order valence-electron chi connectivity index (χ4n) is 4.22. The lowest BCUT2D eigenvalue weighted by Crippen LogP contribution is -2.30. The van der Waals surface area contributed by atoms with Crippen LogP contribution in [0.2, 0.25) is 0 Å². The Bertz CT molecular complexity index is 1280. The van der Waals surface area contributed by atoms with Crippen molar-refractivity contribution in [2.75, 3.05) is 20.2 Å². The maximum absolute atomic E-state index is 12.6. The van der Waals surface area contributed by atoms with Crippen molar-refractivity contribution in [2.45, 2.75) is 18.9 Å². The van der Waals surface area contributed by atoms with Gasteiger partial charge in [0.15, 0.2) is 5.65 Å². The van der Waals surface area contributed by atoms with E-state index in [1.807, 2.05) is 54.7 Å². The summed E-state index contributed by atoms with van der Waals surface area (Å²) in [5.74, 6) is 0.791. The number of nitrogens with zero attached hydrogens (tertiary/aromatic N) is 3. The van der Waals surface area contributed by atoms with Crippen LogP contribution in [-0.2, 0) is 11.2 Å². The Morgan fingerprint density at radius 2 is 2.06 bits per heavy atom. The molecule has 5 rings (SSSR count). The van der Waals surface area contributed by atoms with Crippen molar-refractivity contribution in [2.24, 2.45) is 0 Å². The van der Waals surface area contributed by atoms with Crippen LogP contribution in [0.15, 0.2) is 60.8 Å². The first-order chi connectivity index (χ1) is 15.6. The molecule has 1 fully saturated rings. The molecule has 0 bridgehead atoms. The van der Waals surface area contributed by atoms with Crippen LogP contribution in [0.4, 0.5) is 0 Å². The number of hydrogen-bond acceptors (Lipinski definition) is 5. The number of carbonyl (C=O) groups is 1. The smallest absolute Gasteiger partial charge is 0.227 e. The van der Waals surface area contributed by atoms with Gasteiger partial charge < -0.3 is 14.7 Å². The number of carbonyl (C=O) groups excluding carboxylic acids is 1. The molecule has 2 aromatic carbocycles. The van der Waals surface area contributed by atoms with Crippen LogP contribution in [0, 0.1) is 0 Å². The number of β-amino-alcohol motifs (C(OH)–C–C–N with tert-alkyl or cyclic N) is 1. The number of rotatable bonds is 5. The second-order valence-corrected chi connectivity index (χ2v) is 8.05. The van der Waals surface area contributed by atoms with Gasteiger partial charge in [0.05, 0.1) is 19.6 Å². The van der Waals surface area contributed by atoms with E-state index in [0.29, 0.717) is 31.6 Å². The zero-order chi connectivity index (χ0) is 22.1. The molecule has 32 heavy (non-hydrogen) atoms. The van der Waals surface area contributed by atoms with E-state index in [-0.39, 0.29) is 5.91 Å². The van der Waals surface area contributed by atoms with Crippen LogP contribution in [0.25, 0.3) is 33.4 Å². The monoisotopic (exact) mass is 428 g/mol. The minimum Gasteiger partial charge on any atom is -0.496 e. The molecule has 0 radical (unpaired) electrons. The summed E-state index contributed by atoms with van der Waals surface area (Å²) in [4.78, 5) is 18.9. The number of fused-ring (bicyclic) bond motifs is 1. The number of ether oxygens (including phenoxy) is 1. The van der Waals surface area contributed by atoms with Crippen molar-refractivity contribution in [1.82, 2.24) is 20.1 Å². The number of aliphatic hydroxyl groups is 1. The molecule has 162 valence electrons. The van der Waals surface area contributed by atoms with Gasteiger partial charge in [-0.2, -0.15) is 5.10 Å². The molecule has 3 heterocycles. The lowest BCUT2D eigenvalue weighted by Gasteiger charge is -2.15. The van der Waals surface area contributed by atoms with Crippen LogP contribution >= 0.6 is 0 Å². The van der Waals surface area contributed by atoms with Gasteiger partial charge in [-0.3, -0.25) is 9.89 Å². The number of benzene rings is 2. The Hall–Kier alpha value is -3.71. The highest BCUT2D eigenvalue weighted by Crippen LogP contribution is 2.34. The molecule has 0 spiro atoms. The lowest BCUT2D eigenvalue weighted by molar-refractivity contribution is -0.129. The number of aromatic amines is 1. The number of pyridine rings is 1. The summed E-state index contributed by atoms with van der Waals surface area (Å²) in [6.45, 7) is 1.04. The molecule has 0 saturated carbocycles. The maximum Gasteiger partial charge on any atom is 0.227 e. The summed E-state index contributed by atoms with van der Waals surface area (Å²) in [7, 11) is 1.65. The molecule has 1 aliphatic heterocycles. The first-order valence-corrected chi connectivity index (χ1v) is 10.6. The molecule has 1 saturated heterocycles. The van der Waals surface area contributed by atoms with Crippen LogP contribution in [-0.4, -0.2) is 57.4 Å². The number of nitrogens with one attached hydrogen (secondary N) is 1. The molecule has 7 nitrogen and oxygen atoms in total. The van der Waals surface area contributed by atoms with E-state index in [1.165, 1.54) is 0 Å². The molecule has 1 atom stereocenters. The molecule has 0 aliphatic carbocycles. The fraction of sp³-hybridized carbons (Fsp3) is 0.240. The zero-order valence-electron chi connectivity index (χ0n) is 17.8. The van der Waals surface area contributed by atoms with Gasteiger partial charge in [-0.15, -0.1) is 0 Å². The van der Waals surface area contributed by atoms with Gasteiger partial charge in [0.25, 0.3) is 0 Å². The van der Waals surface area contributed by atoms with Crippen LogP contribution in [0.5, 0.6) is 5.75 Å². The highest BCUT2D eigenvalue weighted by molar-refractivity contribution is 5.94. The summed E-state index contributed by atoms with van der Waals surface area (Å²) < 4.78 is 5.51. The summed E-state index contributed by atoms with van der Waals surface area (Å²) >= 11 is 0. The molecule has 4 aromatic rings. The zero-order valence-corrected chi connectivity index (χ0v) is 17.8. The Morgan fingerprint density at radius 3 is 2.88 bits per heavy atom. The van der Waals surface area contributed by atoms with E-state index in [1.54, 1.807) is 12.0 Å². The minimum absolute atomic E-state index is 0.0422. The standard InChI is InChI=1S/C25H24N4O3/c1-32-22-8-3-2-7-20(22)24-21-13-18(14-26-25(21)28-27-24)17-6-4-5-16(11-17)12-23(31)29-10-9-19(30)15-29/h2-8,11,13-14,19,30H,9-10,12,15H2,1H3,(H,26,27,28). The molecule has 2 N–H and O–H groups in total. The van der Waals surface area contributed by atoms with Crippen LogP contribution in [0.3, 0.4) is 0 Å². The lowest BCUT2D eigenvalue weighted by atomic mass is 10.0. The largest absolute Gasteiger partial charge is 0.496 e. The first-order valence-electron chi connectivity index (χ1n) is 10.6. The van der Waals surface area contributed by atoms with E-state index >= 15 is 0 Å². The summed E-state index contributed by atoms with van der Waals surface area (Å²) in [5, 5.41) is 18.1. The van der Waals surface area contributed by atoms with Crippen molar-refractivity contribution in [3.05, 3.63) is 66.4 Å². The van der Waals surface area contributed by atoms with Gasteiger partial charge >= 0.3 is 0 Å². The number of H-pyrrole nitrogens is 1. The molecular formula is C25H24N4O3. The molecule has 2 aromatic heterocycles. The van der Waals surface area contributed by atoms with E-state index < -0.39 is 6.10 Å². The Morgan fingerprint density at radius 1 is 1.19 bits per heavy atom. The highest BCUT2D eigenvalue weighted by atomic mass is 16.5. The number of aliphatic hydroxyl groups excluding tert-OH is 1. The van der Waals surface area contributed by atoms with E-state index in [4.69, 9.17) is 4.74 Å². The number of hydrogen-bond donors (Lipinski definition) is 2. The highest BCUT2D eigenvalue weighted by Gasteiger charge is 2.24. The second kappa shape index (κ2) is 8.43. The van der Waals surface area contributed by atoms with E-state index in [2.05, 4.69) is 21.2 Å². The normalized spacial score (nSPS) is 15.9. The third-order valence-electron chi connectivity index (χ3n) is 5.91. The molecule has 1 aliphatic rings. The molecule has 1 unspecified atom stereocenters. The van der Waals surface area contributed by atoms with Crippen molar-refractivity contribution in [3.8, 4) is 28.1 Å². The Kier molecular flexibility index (Phi) is 5.33. The number of likely N-dealkylation sites (tertiary alicyclic amines) is 1. The van der Waals surface area contributed by atoms with Crippen molar-refractivity contribution < 1.29 is 14.6 Å². The maximum atomic E-state index is 12.6.